The summed E-state index contributed by atoms with van der Waals surface area (Å²) in [5.41, 5.74) is 0.949. The fraction of sp³-hybridized carbons (Fsp3) is 0.333. The summed E-state index contributed by atoms with van der Waals surface area (Å²) in [5.74, 6) is 1.28. The minimum Gasteiger partial charge on any atom is -0.419 e. The number of hydrogen-bond acceptors (Lipinski definition) is 4. The standard InChI is InChI=1S/C12H12BrN3O/c13-9-5-3-8(4-6-9)11-15-16-12(17-11)10-2-1-7-14-10/h3-6,10,14H,1-2,7H2. The summed E-state index contributed by atoms with van der Waals surface area (Å²) in [5, 5.41) is 11.5. The van der Waals surface area contributed by atoms with Crippen LogP contribution in [0.15, 0.2) is 33.2 Å². The summed E-state index contributed by atoms with van der Waals surface area (Å²) in [6, 6.07) is 8.08. The molecule has 0 amide bonds. The lowest BCUT2D eigenvalue weighted by atomic mass is 10.2. The van der Waals surface area contributed by atoms with E-state index in [9.17, 15) is 0 Å². The van der Waals surface area contributed by atoms with Gasteiger partial charge in [-0.1, -0.05) is 15.9 Å². The van der Waals surface area contributed by atoms with Gasteiger partial charge in [0.25, 0.3) is 0 Å². The Hall–Kier alpha value is -1.20. The van der Waals surface area contributed by atoms with Gasteiger partial charge in [0.05, 0.1) is 6.04 Å². The summed E-state index contributed by atoms with van der Waals surface area (Å²) in [7, 11) is 0. The fourth-order valence-corrected chi connectivity index (χ4v) is 2.24. The molecule has 0 aliphatic carbocycles. The molecule has 88 valence electrons. The zero-order valence-electron chi connectivity index (χ0n) is 9.19. The molecular weight excluding hydrogens is 282 g/mol. The molecule has 1 aromatic carbocycles. The summed E-state index contributed by atoms with van der Waals surface area (Å²) >= 11 is 3.40. The van der Waals surface area contributed by atoms with Gasteiger partial charge in [-0.25, -0.2) is 0 Å². The van der Waals surface area contributed by atoms with E-state index in [1.165, 1.54) is 6.42 Å². The molecule has 0 radical (unpaired) electrons. The van der Waals surface area contributed by atoms with Crippen LogP contribution in [0.2, 0.25) is 0 Å². The Morgan fingerprint density at radius 2 is 2.06 bits per heavy atom. The minimum absolute atomic E-state index is 0.228. The second-order valence-corrected chi connectivity index (χ2v) is 5.02. The molecule has 0 saturated carbocycles. The smallest absolute Gasteiger partial charge is 0.247 e. The van der Waals surface area contributed by atoms with Gasteiger partial charge in [0.1, 0.15) is 0 Å². The van der Waals surface area contributed by atoms with Gasteiger partial charge < -0.3 is 9.73 Å². The van der Waals surface area contributed by atoms with E-state index in [1.807, 2.05) is 24.3 Å². The van der Waals surface area contributed by atoms with Crippen molar-refractivity contribution in [1.29, 1.82) is 0 Å². The predicted molar refractivity (Wildman–Crippen MR) is 67.4 cm³/mol. The maximum Gasteiger partial charge on any atom is 0.247 e. The van der Waals surface area contributed by atoms with Crippen molar-refractivity contribution in [2.75, 3.05) is 6.54 Å². The van der Waals surface area contributed by atoms with Gasteiger partial charge in [-0.05, 0) is 43.7 Å². The van der Waals surface area contributed by atoms with E-state index < -0.39 is 0 Å². The van der Waals surface area contributed by atoms with Crippen LogP contribution in [0.25, 0.3) is 11.5 Å². The SMILES string of the molecule is Brc1ccc(-c2nnc(C3CCCN3)o2)cc1. The lowest BCUT2D eigenvalue weighted by Gasteiger charge is -2.02. The molecule has 1 fully saturated rings. The molecule has 1 N–H and O–H groups in total. The molecule has 0 spiro atoms. The summed E-state index contributed by atoms with van der Waals surface area (Å²) in [4.78, 5) is 0. The Kier molecular flexibility index (Phi) is 2.94. The lowest BCUT2D eigenvalue weighted by molar-refractivity contribution is 0.437. The Bertz CT molecular complexity index is 503. The number of halogens is 1. The maximum absolute atomic E-state index is 5.69. The van der Waals surface area contributed by atoms with Crippen LogP contribution >= 0.6 is 15.9 Å². The second-order valence-electron chi connectivity index (χ2n) is 4.10. The summed E-state index contributed by atoms with van der Waals surface area (Å²) < 4.78 is 6.73. The second kappa shape index (κ2) is 4.58. The van der Waals surface area contributed by atoms with Crippen molar-refractivity contribution in [1.82, 2.24) is 15.5 Å². The largest absolute Gasteiger partial charge is 0.419 e. The first kappa shape index (κ1) is 10.9. The van der Waals surface area contributed by atoms with Crippen molar-refractivity contribution >= 4 is 15.9 Å². The molecule has 1 aliphatic heterocycles. The van der Waals surface area contributed by atoms with Crippen LogP contribution in [-0.4, -0.2) is 16.7 Å². The van der Waals surface area contributed by atoms with Gasteiger partial charge in [0, 0.05) is 10.0 Å². The molecule has 1 saturated heterocycles. The van der Waals surface area contributed by atoms with Gasteiger partial charge in [-0.3, -0.25) is 0 Å². The number of benzene rings is 1. The summed E-state index contributed by atoms with van der Waals surface area (Å²) in [6.07, 6.45) is 2.24. The zero-order chi connectivity index (χ0) is 11.7. The van der Waals surface area contributed by atoms with Gasteiger partial charge in [-0.15, -0.1) is 10.2 Å². The number of aromatic nitrogens is 2. The zero-order valence-corrected chi connectivity index (χ0v) is 10.8. The van der Waals surface area contributed by atoms with Gasteiger partial charge >= 0.3 is 0 Å². The van der Waals surface area contributed by atoms with Crippen LogP contribution in [0.3, 0.4) is 0 Å². The maximum atomic E-state index is 5.69. The Balaban J connectivity index is 1.86. The van der Waals surface area contributed by atoms with Crippen molar-refractivity contribution in [3.05, 3.63) is 34.6 Å². The van der Waals surface area contributed by atoms with Crippen LogP contribution in [0.5, 0.6) is 0 Å². The van der Waals surface area contributed by atoms with Crippen molar-refractivity contribution in [2.24, 2.45) is 0 Å². The van der Waals surface area contributed by atoms with Crippen LogP contribution in [0.4, 0.5) is 0 Å². The Morgan fingerprint density at radius 3 is 2.76 bits per heavy atom. The molecule has 1 aromatic heterocycles. The van der Waals surface area contributed by atoms with E-state index in [2.05, 4.69) is 31.4 Å². The fourth-order valence-electron chi connectivity index (χ4n) is 1.98. The van der Waals surface area contributed by atoms with Crippen molar-refractivity contribution in [3.63, 3.8) is 0 Å². The van der Waals surface area contributed by atoms with E-state index in [-0.39, 0.29) is 6.04 Å². The Labute approximate surface area is 108 Å². The first-order valence-electron chi connectivity index (χ1n) is 5.65. The molecule has 1 aliphatic rings. The average Bonchev–Trinajstić information content (AvgIpc) is 3.00. The third-order valence-corrected chi connectivity index (χ3v) is 3.42. The molecular formula is C12H12BrN3O. The monoisotopic (exact) mass is 293 g/mol. The molecule has 3 rings (SSSR count). The molecule has 0 bridgehead atoms. The first-order chi connectivity index (χ1) is 8.33. The molecule has 4 nitrogen and oxygen atoms in total. The topological polar surface area (TPSA) is 51.0 Å². The third-order valence-electron chi connectivity index (χ3n) is 2.89. The van der Waals surface area contributed by atoms with Crippen LogP contribution in [-0.2, 0) is 0 Å². The number of hydrogen-bond donors (Lipinski definition) is 1. The van der Waals surface area contributed by atoms with E-state index in [0.29, 0.717) is 11.8 Å². The van der Waals surface area contributed by atoms with Crippen LogP contribution in [0, 0.1) is 0 Å². The van der Waals surface area contributed by atoms with E-state index in [1.54, 1.807) is 0 Å². The normalized spacial score (nSPS) is 19.7. The molecule has 17 heavy (non-hydrogen) atoms. The highest BCUT2D eigenvalue weighted by Crippen LogP contribution is 2.26. The highest BCUT2D eigenvalue weighted by molar-refractivity contribution is 9.10. The molecule has 1 unspecified atom stereocenters. The third kappa shape index (κ3) is 2.25. The van der Waals surface area contributed by atoms with E-state index in [0.717, 1.165) is 23.0 Å². The van der Waals surface area contributed by atoms with Crippen molar-refractivity contribution in [2.45, 2.75) is 18.9 Å². The highest BCUT2D eigenvalue weighted by Gasteiger charge is 2.22. The van der Waals surface area contributed by atoms with E-state index in [4.69, 9.17) is 4.42 Å². The van der Waals surface area contributed by atoms with Gasteiger partial charge in [0.2, 0.25) is 11.8 Å². The van der Waals surface area contributed by atoms with E-state index >= 15 is 0 Å². The minimum atomic E-state index is 0.228. The lowest BCUT2D eigenvalue weighted by Crippen LogP contribution is -2.12. The first-order valence-corrected chi connectivity index (χ1v) is 6.45. The highest BCUT2D eigenvalue weighted by atomic mass is 79.9. The van der Waals surface area contributed by atoms with Crippen molar-refractivity contribution in [3.8, 4) is 11.5 Å². The number of nitrogens with zero attached hydrogens (tertiary/aromatic N) is 2. The van der Waals surface area contributed by atoms with Crippen LogP contribution in [0.1, 0.15) is 24.8 Å². The molecule has 5 heteroatoms. The molecule has 2 aromatic rings. The van der Waals surface area contributed by atoms with Gasteiger partial charge in [-0.2, -0.15) is 0 Å². The van der Waals surface area contributed by atoms with Gasteiger partial charge in [0.15, 0.2) is 0 Å². The predicted octanol–water partition coefficient (Wildman–Crippen LogP) is 2.92. The molecule has 2 heterocycles. The Morgan fingerprint density at radius 1 is 1.24 bits per heavy atom. The van der Waals surface area contributed by atoms with Crippen molar-refractivity contribution < 1.29 is 4.42 Å². The van der Waals surface area contributed by atoms with Crippen LogP contribution < -0.4 is 5.32 Å². The average molecular weight is 294 g/mol. The molecule has 1 atom stereocenters. The number of rotatable bonds is 2. The summed E-state index contributed by atoms with van der Waals surface area (Å²) in [6.45, 7) is 1.03. The number of nitrogens with one attached hydrogen (secondary N) is 1. The quantitative estimate of drug-likeness (QED) is 0.925.